The summed E-state index contributed by atoms with van der Waals surface area (Å²) in [6.07, 6.45) is 5.63. The first-order valence-electron chi connectivity index (χ1n) is 7.78. The van der Waals surface area contributed by atoms with Crippen LogP contribution in [0.5, 0.6) is 0 Å². The van der Waals surface area contributed by atoms with Crippen LogP contribution in [0, 0.1) is 17.2 Å². The van der Waals surface area contributed by atoms with E-state index in [1.54, 1.807) is 0 Å². The number of hydrogen-bond donors (Lipinski definition) is 0. The largest absolute Gasteiger partial charge is 0.354 e. The van der Waals surface area contributed by atoms with E-state index in [-0.39, 0.29) is 0 Å². The lowest BCUT2D eigenvalue weighted by Crippen LogP contribution is -2.34. The summed E-state index contributed by atoms with van der Waals surface area (Å²) in [6.45, 7) is 8.17. The maximum absolute atomic E-state index is 9.56. The van der Waals surface area contributed by atoms with Crippen LogP contribution in [0.4, 0.5) is 5.82 Å². The zero-order valence-electron chi connectivity index (χ0n) is 12.8. The molecule has 108 valence electrons. The SMILES string of the molecule is CCc1nnc(N(CC)CC2CCC2)c(C#N)c1CC. The molecule has 0 N–H and O–H groups in total. The van der Waals surface area contributed by atoms with Gasteiger partial charge in [-0.2, -0.15) is 10.4 Å². The molecule has 0 aliphatic heterocycles. The van der Waals surface area contributed by atoms with E-state index < -0.39 is 0 Å². The standard InChI is InChI=1S/C16H24N4/c1-4-13-14(10-17)16(19-18-15(13)5-2)20(6-3)11-12-8-7-9-12/h12H,4-9,11H2,1-3H3. The minimum absolute atomic E-state index is 0.737. The van der Waals surface area contributed by atoms with E-state index in [0.29, 0.717) is 0 Å². The maximum atomic E-state index is 9.56. The molecule has 0 atom stereocenters. The quantitative estimate of drug-likeness (QED) is 0.798. The third-order valence-electron chi connectivity index (χ3n) is 4.32. The Hall–Kier alpha value is -1.63. The number of nitriles is 1. The molecule has 0 aromatic carbocycles. The fourth-order valence-corrected chi connectivity index (χ4v) is 2.85. The van der Waals surface area contributed by atoms with Gasteiger partial charge in [0.05, 0.1) is 5.69 Å². The number of rotatable bonds is 6. The molecular formula is C16H24N4. The van der Waals surface area contributed by atoms with Crippen LogP contribution in [0.2, 0.25) is 0 Å². The smallest absolute Gasteiger partial charge is 0.169 e. The molecule has 1 heterocycles. The molecule has 1 saturated carbocycles. The van der Waals surface area contributed by atoms with E-state index in [0.717, 1.165) is 54.5 Å². The highest BCUT2D eigenvalue weighted by Gasteiger charge is 2.24. The summed E-state index contributed by atoms with van der Waals surface area (Å²) >= 11 is 0. The first kappa shape index (κ1) is 14.8. The van der Waals surface area contributed by atoms with Gasteiger partial charge in [0.15, 0.2) is 5.82 Å². The van der Waals surface area contributed by atoms with Crippen molar-refractivity contribution in [2.24, 2.45) is 5.92 Å². The molecule has 0 bridgehead atoms. The lowest BCUT2D eigenvalue weighted by molar-refractivity contribution is 0.318. The van der Waals surface area contributed by atoms with E-state index in [1.807, 2.05) is 0 Å². The highest BCUT2D eigenvalue weighted by molar-refractivity contribution is 5.58. The molecule has 0 amide bonds. The van der Waals surface area contributed by atoms with Crippen molar-refractivity contribution in [3.05, 3.63) is 16.8 Å². The second-order valence-corrected chi connectivity index (χ2v) is 5.48. The van der Waals surface area contributed by atoms with Crippen molar-refractivity contribution in [3.8, 4) is 6.07 Å². The lowest BCUT2D eigenvalue weighted by atomic mass is 9.85. The van der Waals surface area contributed by atoms with E-state index in [1.165, 1.54) is 19.3 Å². The molecule has 1 aliphatic carbocycles. The third kappa shape index (κ3) is 2.77. The van der Waals surface area contributed by atoms with E-state index >= 15 is 0 Å². The Bertz CT molecular complexity index is 500. The van der Waals surface area contributed by atoms with Gasteiger partial charge in [-0.25, -0.2) is 0 Å². The Kier molecular flexibility index (Phi) is 4.94. The molecular weight excluding hydrogens is 248 g/mol. The zero-order chi connectivity index (χ0) is 14.5. The van der Waals surface area contributed by atoms with Gasteiger partial charge < -0.3 is 4.90 Å². The molecule has 1 aromatic heterocycles. The highest BCUT2D eigenvalue weighted by atomic mass is 15.3. The number of aryl methyl sites for hydroxylation is 1. The van der Waals surface area contributed by atoms with Crippen molar-refractivity contribution in [2.45, 2.75) is 52.9 Å². The second kappa shape index (κ2) is 6.69. The third-order valence-corrected chi connectivity index (χ3v) is 4.32. The van der Waals surface area contributed by atoms with E-state index in [9.17, 15) is 5.26 Å². The fourth-order valence-electron chi connectivity index (χ4n) is 2.85. The zero-order valence-corrected chi connectivity index (χ0v) is 12.8. The van der Waals surface area contributed by atoms with Crippen molar-refractivity contribution >= 4 is 5.82 Å². The van der Waals surface area contributed by atoms with Gasteiger partial charge in [-0.1, -0.05) is 20.3 Å². The minimum Gasteiger partial charge on any atom is -0.354 e. The van der Waals surface area contributed by atoms with Crippen LogP contribution in [0.25, 0.3) is 0 Å². The van der Waals surface area contributed by atoms with Gasteiger partial charge in [0.2, 0.25) is 0 Å². The molecule has 1 fully saturated rings. The minimum atomic E-state index is 0.737. The molecule has 2 rings (SSSR count). The molecule has 20 heavy (non-hydrogen) atoms. The maximum Gasteiger partial charge on any atom is 0.169 e. The molecule has 4 heteroatoms. The first-order valence-corrected chi connectivity index (χ1v) is 7.78. The van der Waals surface area contributed by atoms with Gasteiger partial charge in [0.1, 0.15) is 11.6 Å². The van der Waals surface area contributed by atoms with Crippen LogP contribution in [0.3, 0.4) is 0 Å². The van der Waals surface area contributed by atoms with Crippen LogP contribution in [0.1, 0.15) is 56.9 Å². The summed E-state index contributed by atoms with van der Waals surface area (Å²) in [6, 6.07) is 2.37. The summed E-state index contributed by atoms with van der Waals surface area (Å²) in [7, 11) is 0. The van der Waals surface area contributed by atoms with Crippen LogP contribution in [-0.4, -0.2) is 23.3 Å². The molecule has 1 aliphatic rings. The Morgan fingerprint density at radius 2 is 1.95 bits per heavy atom. The number of hydrogen-bond acceptors (Lipinski definition) is 4. The molecule has 0 spiro atoms. The summed E-state index contributed by atoms with van der Waals surface area (Å²) in [4.78, 5) is 2.23. The number of nitrogens with zero attached hydrogens (tertiary/aromatic N) is 4. The van der Waals surface area contributed by atoms with Crippen molar-refractivity contribution in [1.82, 2.24) is 10.2 Å². The lowest BCUT2D eigenvalue weighted by Gasteiger charge is -2.32. The number of aromatic nitrogens is 2. The van der Waals surface area contributed by atoms with Crippen molar-refractivity contribution in [2.75, 3.05) is 18.0 Å². The van der Waals surface area contributed by atoms with Gasteiger partial charge in [0.25, 0.3) is 0 Å². The van der Waals surface area contributed by atoms with Gasteiger partial charge >= 0.3 is 0 Å². The van der Waals surface area contributed by atoms with Crippen LogP contribution < -0.4 is 4.90 Å². The summed E-state index contributed by atoms with van der Waals surface area (Å²) in [5.74, 6) is 1.55. The average molecular weight is 272 g/mol. The average Bonchev–Trinajstić information content (AvgIpc) is 2.44. The Morgan fingerprint density at radius 3 is 2.40 bits per heavy atom. The summed E-state index contributed by atoms with van der Waals surface area (Å²) in [5, 5.41) is 18.3. The van der Waals surface area contributed by atoms with E-state index in [2.05, 4.69) is 41.9 Å². The molecule has 0 unspecified atom stereocenters. The van der Waals surface area contributed by atoms with Crippen LogP contribution in [0.15, 0.2) is 0 Å². The van der Waals surface area contributed by atoms with E-state index in [4.69, 9.17) is 0 Å². The van der Waals surface area contributed by atoms with Gasteiger partial charge in [-0.15, -0.1) is 5.10 Å². The Morgan fingerprint density at radius 1 is 1.20 bits per heavy atom. The second-order valence-electron chi connectivity index (χ2n) is 5.48. The summed E-state index contributed by atoms with van der Waals surface area (Å²) < 4.78 is 0. The summed E-state index contributed by atoms with van der Waals surface area (Å²) in [5.41, 5.74) is 2.78. The monoisotopic (exact) mass is 272 g/mol. The highest BCUT2D eigenvalue weighted by Crippen LogP contribution is 2.30. The molecule has 4 nitrogen and oxygen atoms in total. The Balaban J connectivity index is 2.35. The van der Waals surface area contributed by atoms with Gasteiger partial charge in [0, 0.05) is 13.1 Å². The Labute approximate surface area is 121 Å². The van der Waals surface area contributed by atoms with Gasteiger partial charge in [-0.3, -0.25) is 0 Å². The predicted molar refractivity (Wildman–Crippen MR) is 80.7 cm³/mol. The van der Waals surface area contributed by atoms with Crippen LogP contribution >= 0.6 is 0 Å². The number of anilines is 1. The fraction of sp³-hybridized carbons (Fsp3) is 0.688. The van der Waals surface area contributed by atoms with Gasteiger partial charge in [-0.05, 0) is 44.1 Å². The predicted octanol–water partition coefficient (Wildman–Crippen LogP) is 3.10. The normalized spacial score (nSPS) is 14.7. The molecule has 0 radical (unpaired) electrons. The topological polar surface area (TPSA) is 52.8 Å². The molecule has 1 aromatic rings. The molecule has 0 saturated heterocycles. The first-order chi connectivity index (χ1) is 9.74. The van der Waals surface area contributed by atoms with Crippen molar-refractivity contribution in [1.29, 1.82) is 5.26 Å². The van der Waals surface area contributed by atoms with Crippen molar-refractivity contribution in [3.63, 3.8) is 0 Å². The van der Waals surface area contributed by atoms with Crippen molar-refractivity contribution < 1.29 is 0 Å². The van der Waals surface area contributed by atoms with Crippen LogP contribution in [-0.2, 0) is 12.8 Å².